The van der Waals surface area contributed by atoms with Crippen LogP contribution in [0.15, 0.2) is 24.3 Å². The van der Waals surface area contributed by atoms with Crippen LogP contribution in [0.4, 0.5) is 0 Å². The highest BCUT2D eigenvalue weighted by Gasteiger charge is 2.21. The van der Waals surface area contributed by atoms with Crippen LogP contribution >= 0.6 is 38.5 Å². The normalized spacial score (nSPS) is 24.4. The summed E-state index contributed by atoms with van der Waals surface area (Å²) >= 11 is 5.83. The van der Waals surface area contributed by atoms with Gasteiger partial charge in [0.05, 0.1) is 5.56 Å². The van der Waals surface area contributed by atoms with E-state index in [-0.39, 0.29) is 5.91 Å². The number of halogens is 2. The van der Waals surface area contributed by atoms with E-state index in [0.717, 1.165) is 34.8 Å². The lowest BCUT2D eigenvalue weighted by molar-refractivity contribution is 0.0927. The molecule has 4 heteroatoms. The molecule has 0 spiro atoms. The molecule has 0 heterocycles. The Balaban J connectivity index is 1.96. The molecule has 0 unspecified atom stereocenters. The Morgan fingerprint density at radius 1 is 1.24 bits per heavy atom. The molecule has 1 aliphatic carbocycles. The van der Waals surface area contributed by atoms with E-state index in [4.69, 9.17) is 0 Å². The predicted octanol–water partition coefficient (Wildman–Crippen LogP) is 3.73. The van der Waals surface area contributed by atoms with Gasteiger partial charge in [-0.3, -0.25) is 4.79 Å². The summed E-state index contributed by atoms with van der Waals surface area (Å²) < 4.78 is 1.01. The molecule has 1 aromatic rings. The highest BCUT2D eigenvalue weighted by molar-refractivity contribution is 14.1. The molecule has 1 saturated carbocycles. The van der Waals surface area contributed by atoms with Crippen molar-refractivity contribution in [2.75, 3.05) is 0 Å². The first-order valence-corrected chi connectivity index (χ1v) is 7.85. The van der Waals surface area contributed by atoms with Crippen LogP contribution in [-0.2, 0) is 0 Å². The average molecular weight is 408 g/mol. The SMILES string of the molecule is O=C(NC1CCC(Br)CC1)c1ccccc1I. The first kappa shape index (κ1) is 13.3. The first-order chi connectivity index (χ1) is 8.16. The van der Waals surface area contributed by atoms with Crippen molar-refractivity contribution in [2.24, 2.45) is 0 Å². The van der Waals surface area contributed by atoms with Crippen molar-refractivity contribution in [2.45, 2.75) is 36.6 Å². The van der Waals surface area contributed by atoms with E-state index in [0.29, 0.717) is 10.9 Å². The third-order valence-electron chi connectivity index (χ3n) is 3.11. The van der Waals surface area contributed by atoms with E-state index in [1.807, 2.05) is 24.3 Å². The number of alkyl halides is 1. The summed E-state index contributed by atoms with van der Waals surface area (Å²) in [5.41, 5.74) is 0.786. The molecule has 1 N–H and O–H groups in total. The van der Waals surface area contributed by atoms with Gasteiger partial charge in [-0.25, -0.2) is 0 Å². The number of benzene rings is 1. The van der Waals surface area contributed by atoms with Gasteiger partial charge in [0.2, 0.25) is 0 Å². The summed E-state index contributed by atoms with van der Waals surface area (Å²) in [6.45, 7) is 0. The van der Waals surface area contributed by atoms with Crippen molar-refractivity contribution >= 4 is 44.4 Å². The molecule has 1 amide bonds. The van der Waals surface area contributed by atoms with Gasteiger partial charge in [0.15, 0.2) is 0 Å². The minimum atomic E-state index is 0.0630. The lowest BCUT2D eigenvalue weighted by Gasteiger charge is -2.26. The molecule has 0 atom stereocenters. The van der Waals surface area contributed by atoms with Gasteiger partial charge in [-0.2, -0.15) is 0 Å². The molecule has 1 aliphatic rings. The van der Waals surface area contributed by atoms with E-state index in [1.54, 1.807) is 0 Å². The topological polar surface area (TPSA) is 29.1 Å². The molecule has 0 saturated heterocycles. The number of rotatable bonds is 2. The zero-order valence-electron chi connectivity index (χ0n) is 9.46. The molecular formula is C13H15BrINO. The maximum atomic E-state index is 12.1. The maximum Gasteiger partial charge on any atom is 0.252 e. The van der Waals surface area contributed by atoms with E-state index >= 15 is 0 Å². The fraction of sp³-hybridized carbons (Fsp3) is 0.462. The first-order valence-electron chi connectivity index (χ1n) is 5.86. The van der Waals surface area contributed by atoms with E-state index in [9.17, 15) is 4.79 Å². The van der Waals surface area contributed by atoms with Crippen molar-refractivity contribution in [3.05, 3.63) is 33.4 Å². The molecule has 0 aromatic heterocycles. The lowest BCUT2D eigenvalue weighted by atomic mass is 9.95. The number of hydrogen-bond acceptors (Lipinski definition) is 1. The zero-order valence-corrected chi connectivity index (χ0v) is 13.2. The molecule has 1 aromatic carbocycles. The summed E-state index contributed by atoms with van der Waals surface area (Å²) in [7, 11) is 0. The maximum absolute atomic E-state index is 12.1. The number of hydrogen-bond donors (Lipinski definition) is 1. The van der Waals surface area contributed by atoms with Crippen molar-refractivity contribution in [3.63, 3.8) is 0 Å². The summed E-state index contributed by atoms with van der Waals surface area (Å²) in [6.07, 6.45) is 4.45. The van der Waals surface area contributed by atoms with Gasteiger partial charge in [0, 0.05) is 14.4 Å². The van der Waals surface area contributed by atoms with Gasteiger partial charge < -0.3 is 5.32 Å². The summed E-state index contributed by atoms with van der Waals surface area (Å²) in [5.74, 6) is 0.0630. The largest absolute Gasteiger partial charge is 0.349 e. The molecule has 0 radical (unpaired) electrons. The third-order valence-corrected chi connectivity index (χ3v) is 4.97. The molecule has 0 bridgehead atoms. The highest BCUT2D eigenvalue weighted by atomic mass is 127. The van der Waals surface area contributed by atoms with Gasteiger partial charge in [-0.1, -0.05) is 28.1 Å². The Labute approximate surface area is 124 Å². The second-order valence-electron chi connectivity index (χ2n) is 4.40. The lowest BCUT2D eigenvalue weighted by Crippen LogP contribution is -2.38. The van der Waals surface area contributed by atoms with Crippen molar-refractivity contribution < 1.29 is 4.79 Å². The van der Waals surface area contributed by atoms with Crippen LogP contribution in [0.5, 0.6) is 0 Å². The van der Waals surface area contributed by atoms with Crippen LogP contribution in [0.3, 0.4) is 0 Å². The van der Waals surface area contributed by atoms with Crippen LogP contribution < -0.4 is 5.32 Å². The molecule has 2 rings (SSSR count). The molecule has 0 aliphatic heterocycles. The van der Waals surface area contributed by atoms with E-state index in [1.165, 1.54) is 0 Å². The predicted molar refractivity (Wildman–Crippen MR) is 81.6 cm³/mol. The molecular weight excluding hydrogens is 393 g/mol. The van der Waals surface area contributed by atoms with Crippen LogP contribution in [0.2, 0.25) is 0 Å². The Bertz CT molecular complexity index is 402. The van der Waals surface area contributed by atoms with Gasteiger partial charge in [0.25, 0.3) is 5.91 Å². The summed E-state index contributed by atoms with van der Waals surface area (Å²) in [5, 5.41) is 3.13. The average Bonchev–Trinajstić information content (AvgIpc) is 2.32. The minimum absolute atomic E-state index is 0.0630. The van der Waals surface area contributed by atoms with Crippen LogP contribution in [0, 0.1) is 3.57 Å². The fourth-order valence-electron chi connectivity index (χ4n) is 2.11. The number of nitrogens with one attached hydrogen (secondary N) is 1. The van der Waals surface area contributed by atoms with Crippen molar-refractivity contribution in [1.82, 2.24) is 5.32 Å². The summed E-state index contributed by atoms with van der Waals surface area (Å²) in [4.78, 5) is 12.7. The van der Waals surface area contributed by atoms with Crippen LogP contribution in [0.25, 0.3) is 0 Å². The van der Waals surface area contributed by atoms with Crippen LogP contribution in [-0.4, -0.2) is 16.8 Å². The molecule has 2 nitrogen and oxygen atoms in total. The number of carbonyl (C=O) groups is 1. The highest BCUT2D eigenvalue weighted by Crippen LogP contribution is 2.24. The number of carbonyl (C=O) groups excluding carboxylic acids is 1. The standard InChI is InChI=1S/C13H15BrINO/c14-9-5-7-10(8-6-9)16-13(17)11-3-1-2-4-12(11)15/h1-4,9-10H,5-8H2,(H,16,17). The Hall–Kier alpha value is -0.100. The second kappa shape index (κ2) is 6.18. The third kappa shape index (κ3) is 3.68. The number of amides is 1. The zero-order chi connectivity index (χ0) is 12.3. The molecule has 92 valence electrons. The van der Waals surface area contributed by atoms with E-state index in [2.05, 4.69) is 43.8 Å². The second-order valence-corrected chi connectivity index (χ2v) is 6.86. The van der Waals surface area contributed by atoms with Gasteiger partial charge in [0.1, 0.15) is 0 Å². The van der Waals surface area contributed by atoms with Gasteiger partial charge in [-0.05, 0) is 60.4 Å². The van der Waals surface area contributed by atoms with Crippen LogP contribution in [0.1, 0.15) is 36.0 Å². The van der Waals surface area contributed by atoms with Crippen molar-refractivity contribution in [3.8, 4) is 0 Å². The Kier molecular flexibility index (Phi) is 4.85. The smallest absolute Gasteiger partial charge is 0.252 e. The Morgan fingerprint density at radius 2 is 1.88 bits per heavy atom. The molecule has 1 fully saturated rings. The van der Waals surface area contributed by atoms with Gasteiger partial charge >= 0.3 is 0 Å². The minimum Gasteiger partial charge on any atom is -0.349 e. The quantitative estimate of drug-likeness (QED) is 0.587. The molecule has 17 heavy (non-hydrogen) atoms. The van der Waals surface area contributed by atoms with Crippen molar-refractivity contribution in [1.29, 1.82) is 0 Å². The summed E-state index contributed by atoms with van der Waals surface area (Å²) in [6, 6.07) is 8.05. The van der Waals surface area contributed by atoms with Gasteiger partial charge in [-0.15, -0.1) is 0 Å². The van der Waals surface area contributed by atoms with E-state index < -0.39 is 0 Å². The Morgan fingerprint density at radius 3 is 2.53 bits per heavy atom. The fourth-order valence-corrected chi connectivity index (χ4v) is 3.27. The monoisotopic (exact) mass is 407 g/mol.